The number of alkyl halides is 3. The number of fused-ring (bicyclic) bond motifs is 1. The lowest BCUT2D eigenvalue weighted by Crippen LogP contribution is -2.08. The van der Waals surface area contributed by atoms with Gasteiger partial charge >= 0.3 is 6.18 Å². The number of ether oxygens (including phenoxy) is 2. The molecule has 0 saturated heterocycles. The highest BCUT2D eigenvalue weighted by Gasteiger charge is 2.36. The van der Waals surface area contributed by atoms with Crippen LogP contribution in [0.3, 0.4) is 0 Å². The van der Waals surface area contributed by atoms with Crippen molar-refractivity contribution in [1.29, 1.82) is 5.26 Å². The number of allylic oxidation sites excluding steroid dienone is 1. The van der Waals surface area contributed by atoms with Gasteiger partial charge in [0.25, 0.3) is 5.69 Å². The number of H-pyrrole nitrogens is 1. The molecule has 4 rings (SSSR count). The Bertz CT molecular complexity index is 1550. The number of nitrogens with zero attached hydrogens (tertiary/aromatic N) is 3. The van der Waals surface area contributed by atoms with Gasteiger partial charge in [-0.15, -0.1) is 0 Å². The van der Waals surface area contributed by atoms with Crippen molar-refractivity contribution >= 4 is 28.4 Å². The minimum atomic E-state index is -4.88. The molecule has 1 aromatic heterocycles. The molecule has 0 fully saturated rings. The molecule has 0 aliphatic heterocycles. The molecule has 1 heterocycles. The molecule has 36 heavy (non-hydrogen) atoms. The molecule has 0 spiro atoms. The van der Waals surface area contributed by atoms with Crippen LogP contribution in [0, 0.1) is 28.4 Å². The molecule has 8 nitrogen and oxygen atoms in total. The molecule has 0 aliphatic rings. The van der Waals surface area contributed by atoms with Gasteiger partial charge in [-0.3, -0.25) is 10.1 Å². The molecule has 0 bridgehead atoms. The zero-order chi connectivity index (χ0) is 26.0. The number of imidazole rings is 1. The van der Waals surface area contributed by atoms with Crippen molar-refractivity contribution in [3.8, 4) is 23.3 Å². The Kier molecular flexibility index (Phi) is 6.35. The van der Waals surface area contributed by atoms with E-state index in [0.29, 0.717) is 23.0 Å². The van der Waals surface area contributed by atoms with Crippen LogP contribution < -0.4 is 9.47 Å². The van der Waals surface area contributed by atoms with Gasteiger partial charge in [-0.05, 0) is 54.5 Å². The Morgan fingerprint density at radius 1 is 1.11 bits per heavy atom. The van der Waals surface area contributed by atoms with Gasteiger partial charge in [0.15, 0.2) is 11.5 Å². The van der Waals surface area contributed by atoms with Gasteiger partial charge in [0, 0.05) is 12.1 Å². The molecule has 0 aliphatic carbocycles. The first kappa shape index (κ1) is 24.3. The first-order valence-electron chi connectivity index (χ1n) is 10.4. The van der Waals surface area contributed by atoms with Crippen LogP contribution in [0.4, 0.5) is 18.9 Å². The lowest BCUT2D eigenvalue weighted by Gasteiger charge is -2.15. The first-order chi connectivity index (χ1) is 17.1. The maximum Gasteiger partial charge on any atom is 0.420 e. The lowest BCUT2D eigenvalue weighted by atomic mass is 10.1. The number of non-ortho nitro benzene ring substituents is 1. The molecule has 0 radical (unpaired) electrons. The van der Waals surface area contributed by atoms with E-state index in [0.717, 1.165) is 23.2 Å². The van der Waals surface area contributed by atoms with Crippen LogP contribution in [0.1, 0.15) is 22.5 Å². The van der Waals surface area contributed by atoms with E-state index in [1.54, 1.807) is 6.08 Å². The molecule has 182 valence electrons. The Morgan fingerprint density at radius 3 is 2.53 bits per heavy atom. The smallest absolute Gasteiger partial charge is 0.420 e. The van der Waals surface area contributed by atoms with E-state index < -0.39 is 28.1 Å². The van der Waals surface area contributed by atoms with E-state index in [1.165, 1.54) is 25.3 Å². The van der Waals surface area contributed by atoms with E-state index in [2.05, 4.69) is 16.0 Å². The third-order valence-electron chi connectivity index (χ3n) is 5.21. The number of methoxy groups -OCH3 is 1. The predicted molar refractivity (Wildman–Crippen MR) is 125 cm³/mol. The number of rotatable bonds is 6. The van der Waals surface area contributed by atoms with Gasteiger partial charge < -0.3 is 14.5 Å². The number of nitro groups is 1. The van der Waals surface area contributed by atoms with Crippen molar-refractivity contribution < 1.29 is 27.6 Å². The van der Waals surface area contributed by atoms with Crippen LogP contribution >= 0.6 is 0 Å². The SMILES string of the molecule is COc1cc(/C=C(\C#N)c2nc3ccc(C)cc3[nH]2)ccc1Oc1ccc([N+](=O)[O-])cc1C(F)(F)F. The second-order valence-corrected chi connectivity index (χ2v) is 7.72. The Morgan fingerprint density at radius 2 is 1.86 bits per heavy atom. The van der Waals surface area contributed by atoms with E-state index in [1.807, 2.05) is 25.1 Å². The number of nitrogens with one attached hydrogen (secondary N) is 1. The van der Waals surface area contributed by atoms with Crippen LogP contribution in [-0.4, -0.2) is 22.0 Å². The molecular weight excluding hydrogens is 477 g/mol. The zero-order valence-corrected chi connectivity index (χ0v) is 18.9. The molecule has 4 aromatic rings. The molecule has 0 atom stereocenters. The average molecular weight is 494 g/mol. The highest BCUT2D eigenvalue weighted by Crippen LogP contribution is 2.42. The summed E-state index contributed by atoms with van der Waals surface area (Å²) in [6.45, 7) is 1.94. The second-order valence-electron chi connectivity index (χ2n) is 7.72. The van der Waals surface area contributed by atoms with E-state index in [4.69, 9.17) is 9.47 Å². The number of aromatic nitrogens is 2. The maximum absolute atomic E-state index is 13.5. The normalized spacial score (nSPS) is 11.8. The summed E-state index contributed by atoms with van der Waals surface area (Å²) in [6.07, 6.45) is -3.34. The quantitative estimate of drug-likeness (QED) is 0.182. The highest BCUT2D eigenvalue weighted by molar-refractivity contribution is 5.90. The molecule has 11 heteroatoms. The number of hydrogen-bond donors (Lipinski definition) is 1. The summed E-state index contributed by atoms with van der Waals surface area (Å²) in [5.74, 6) is -0.220. The fraction of sp³-hybridized carbons (Fsp3) is 0.120. The number of hydrogen-bond acceptors (Lipinski definition) is 6. The Balaban J connectivity index is 1.69. The summed E-state index contributed by atoms with van der Waals surface area (Å²) in [6, 6.07) is 14.3. The summed E-state index contributed by atoms with van der Waals surface area (Å²) in [5, 5.41) is 20.6. The largest absolute Gasteiger partial charge is 0.493 e. The summed E-state index contributed by atoms with van der Waals surface area (Å²) >= 11 is 0. The van der Waals surface area contributed by atoms with Gasteiger partial charge in [-0.2, -0.15) is 18.4 Å². The van der Waals surface area contributed by atoms with Gasteiger partial charge in [-0.1, -0.05) is 12.1 Å². The molecular formula is C25H17F3N4O4. The van der Waals surface area contributed by atoms with Crippen LogP contribution in [0.2, 0.25) is 0 Å². The van der Waals surface area contributed by atoms with Crippen molar-refractivity contribution in [2.24, 2.45) is 0 Å². The van der Waals surface area contributed by atoms with Crippen LogP contribution in [-0.2, 0) is 6.18 Å². The van der Waals surface area contributed by atoms with Crippen LogP contribution in [0.5, 0.6) is 17.2 Å². The Labute approximate surface area is 202 Å². The summed E-state index contributed by atoms with van der Waals surface area (Å²) in [7, 11) is 1.31. The summed E-state index contributed by atoms with van der Waals surface area (Å²) < 4.78 is 51.2. The number of aromatic amines is 1. The van der Waals surface area contributed by atoms with E-state index in [9.17, 15) is 28.5 Å². The third-order valence-corrected chi connectivity index (χ3v) is 5.21. The second kappa shape index (κ2) is 9.42. The highest BCUT2D eigenvalue weighted by atomic mass is 19.4. The molecule has 0 saturated carbocycles. The summed E-state index contributed by atoms with van der Waals surface area (Å²) in [4.78, 5) is 17.5. The lowest BCUT2D eigenvalue weighted by molar-refractivity contribution is -0.385. The molecule has 1 N–H and O–H groups in total. The van der Waals surface area contributed by atoms with Gasteiger partial charge in [0.1, 0.15) is 23.2 Å². The number of aryl methyl sites for hydroxylation is 1. The molecule has 0 unspecified atom stereocenters. The zero-order valence-electron chi connectivity index (χ0n) is 18.9. The molecule has 3 aromatic carbocycles. The predicted octanol–water partition coefficient (Wildman–Crippen LogP) is 6.66. The minimum Gasteiger partial charge on any atom is -0.493 e. The van der Waals surface area contributed by atoms with Gasteiger partial charge in [0.05, 0.1) is 28.6 Å². The minimum absolute atomic E-state index is 0.0493. The number of halogens is 3. The number of nitro benzene ring substituents is 1. The van der Waals surface area contributed by atoms with E-state index in [-0.39, 0.29) is 17.1 Å². The number of benzene rings is 3. The summed E-state index contributed by atoms with van der Waals surface area (Å²) in [5.41, 5.74) is 1.22. The van der Waals surface area contributed by atoms with Crippen molar-refractivity contribution in [2.75, 3.05) is 7.11 Å². The van der Waals surface area contributed by atoms with Gasteiger partial charge in [-0.25, -0.2) is 4.98 Å². The average Bonchev–Trinajstić information content (AvgIpc) is 3.25. The molecule has 0 amide bonds. The van der Waals surface area contributed by atoms with E-state index >= 15 is 0 Å². The van der Waals surface area contributed by atoms with Crippen molar-refractivity contribution in [1.82, 2.24) is 9.97 Å². The van der Waals surface area contributed by atoms with Crippen LogP contribution in [0.15, 0.2) is 54.6 Å². The topological polar surface area (TPSA) is 114 Å². The fourth-order valence-electron chi connectivity index (χ4n) is 3.49. The van der Waals surface area contributed by atoms with Crippen LogP contribution in [0.25, 0.3) is 22.7 Å². The number of nitriles is 1. The van der Waals surface area contributed by atoms with Crippen molar-refractivity contribution in [2.45, 2.75) is 13.1 Å². The van der Waals surface area contributed by atoms with Gasteiger partial charge in [0.2, 0.25) is 0 Å². The van der Waals surface area contributed by atoms with Crippen molar-refractivity contribution in [3.63, 3.8) is 0 Å². The first-order valence-corrected chi connectivity index (χ1v) is 10.4. The third kappa shape index (κ3) is 4.97. The Hall–Kier alpha value is -4.85. The fourth-order valence-corrected chi connectivity index (χ4v) is 3.49. The standard InChI is InChI=1S/C25H17F3N4O4/c1-14-3-6-19-20(9-14)31-24(30-19)16(13-29)10-15-4-7-22(23(11-15)35-2)36-21-8-5-17(32(33)34)12-18(21)25(26,27)28/h3-12H,1-2H3,(H,30,31)/b16-10+. The maximum atomic E-state index is 13.5. The van der Waals surface area contributed by atoms with Crippen molar-refractivity contribution in [3.05, 3.63) is 87.2 Å². The monoisotopic (exact) mass is 494 g/mol.